The standard InChI is InChI=1S/C16H22N2O3/c17-10-12-6-2-1-5-9-18(12)16(19)15-11-20-13-7-3-4-8-14(13)21-15/h3-4,7-8,12,15H,1-2,5-6,9-11,17H2. The number of ether oxygens (including phenoxy) is 2. The number of nitrogens with zero attached hydrogens (tertiary/aromatic N) is 1. The maximum atomic E-state index is 12.8. The molecule has 1 amide bonds. The first-order valence-corrected chi connectivity index (χ1v) is 7.68. The Hall–Kier alpha value is -1.75. The highest BCUT2D eigenvalue weighted by molar-refractivity contribution is 5.82. The van der Waals surface area contributed by atoms with Gasteiger partial charge in [-0.3, -0.25) is 4.79 Å². The van der Waals surface area contributed by atoms with Gasteiger partial charge in [-0.2, -0.15) is 0 Å². The number of benzene rings is 1. The van der Waals surface area contributed by atoms with Crippen molar-refractivity contribution in [2.45, 2.75) is 37.8 Å². The van der Waals surface area contributed by atoms with E-state index in [2.05, 4.69) is 0 Å². The van der Waals surface area contributed by atoms with Crippen LogP contribution in [-0.2, 0) is 4.79 Å². The van der Waals surface area contributed by atoms with Gasteiger partial charge >= 0.3 is 0 Å². The molecule has 0 aromatic heterocycles. The first-order valence-electron chi connectivity index (χ1n) is 7.68. The Morgan fingerprint density at radius 3 is 2.86 bits per heavy atom. The Morgan fingerprint density at radius 1 is 1.24 bits per heavy atom. The summed E-state index contributed by atoms with van der Waals surface area (Å²) < 4.78 is 11.5. The van der Waals surface area contributed by atoms with E-state index >= 15 is 0 Å². The molecule has 2 aliphatic rings. The zero-order valence-corrected chi connectivity index (χ0v) is 12.2. The van der Waals surface area contributed by atoms with E-state index in [0.717, 1.165) is 32.2 Å². The third-order valence-corrected chi connectivity index (χ3v) is 4.22. The third kappa shape index (κ3) is 2.97. The summed E-state index contributed by atoms with van der Waals surface area (Å²) in [6, 6.07) is 7.58. The summed E-state index contributed by atoms with van der Waals surface area (Å²) in [5.41, 5.74) is 5.84. The van der Waals surface area contributed by atoms with Gasteiger partial charge in [0.1, 0.15) is 6.61 Å². The van der Waals surface area contributed by atoms with Gasteiger partial charge in [0, 0.05) is 19.1 Å². The van der Waals surface area contributed by atoms with Crippen LogP contribution >= 0.6 is 0 Å². The summed E-state index contributed by atoms with van der Waals surface area (Å²) in [4.78, 5) is 14.6. The summed E-state index contributed by atoms with van der Waals surface area (Å²) in [5.74, 6) is 1.34. The number of carbonyl (C=O) groups excluding carboxylic acids is 1. The Kier molecular flexibility index (Phi) is 4.29. The van der Waals surface area contributed by atoms with E-state index in [1.54, 1.807) is 0 Å². The number of nitrogens with two attached hydrogens (primary N) is 1. The molecule has 114 valence electrons. The van der Waals surface area contributed by atoms with Crippen molar-refractivity contribution in [2.24, 2.45) is 5.73 Å². The number of amides is 1. The van der Waals surface area contributed by atoms with Gasteiger partial charge in [-0.05, 0) is 25.0 Å². The number of hydrogen-bond acceptors (Lipinski definition) is 4. The molecule has 5 heteroatoms. The number of fused-ring (bicyclic) bond motifs is 1. The molecular formula is C16H22N2O3. The predicted octanol–water partition coefficient (Wildman–Crippen LogP) is 1.56. The summed E-state index contributed by atoms with van der Waals surface area (Å²) in [6.07, 6.45) is 3.74. The highest BCUT2D eigenvalue weighted by Gasteiger charge is 2.34. The zero-order chi connectivity index (χ0) is 14.7. The van der Waals surface area contributed by atoms with Crippen molar-refractivity contribution in [3.05, 3.63) is 24.3 Å². The SMILES string of the molecule is NCC1CCCCCN1C(=O)C1COc2ccccc2O1. The first kappa shape index (κ1) is 14.2. The molecule has 1 saturated heterocycles. The lowest BCUT2D eigenvalue weighted by molar-refractivity contribution is -0.143. The van der Waals surface area contributed by atoms with E-state index in [0.29, 0.717) is 18.0 Å². The molecule has 2 atom stereocenters. The van der Waals surface area contributed by atoms with Gasteiger partial charge in [0.05, 0.1) is 0 Å². The molecule has 0 aliphatic carbocycles. The van der Waals surface area contributed by atoms with Crippen molar-refractivity contribution in [3.8, 4) is 11.5 Å². The van der Waals surface area contributed by atoms with Crippen LogP contribution in [-0.4, -0.2) is 42.6 Å². The molecule has 2 unspecified atom stereocenters. The van der Waals surface area contributed by atoms with Gasteiger partial charge in [-0.1, -0.05) is 25.0 Å². The maximum Gasteiger partial charge on any atom is 0.267 e. The molecule has 0 spiro atoms. The van der Waals surface area contributed by atoms with E-state index in [1.807, 2.05) is 29.2 Å². The van der Waals surface area contributed by atoms with Crippen LogP contribution in [0.3, 0.4) is 0 Å². The van der Waals surface area contributed by atoms with Crippen molar-refractivity contribution in [1.29, 1.82) is 0 Å². The molecule has 3 rings (SSSR count). The van der Waals surface area contributed by atoms with Crippen LogP contribution in [0.1, 0.15) is 25.7 Å². The van der Waals surface area contributed by atoms with Gasteiger partial charge in [0.15, 0.2) is 11.5 Å². The van der Waals surface area contributed by atoms with E-state index in [4.69, 9.17) is 15.2 Å². The predicted molar refractivity (Wildman–Crippen MR) is 79.4 cm³/mol. The van der Waals surface area contributed by atoms with Crippen molar-refractivity contribution < 1.29 is 14.3 Å². The van der Waals surface area contributed by atoms with Crippen LogP contribution in [0.25, 0.3) is 0 Å². The fourth-order valence-electron chi connectivity index (χ4n) is 3.04. The zero-order valence-electron chi connectivity index (χ0n) is 12.2. The minimum Gasteiger partial charge on any atom is -0.485 e. The van der Waals surface area contributed by atoms with Crippen molar-refractivity contribution >= 4 is 5.91 Å². The second-order valence-corrected chi connectivity index (χ2v) is 5.63. The molecule has 0 radical (unpaired) electrons. The van der Waals surface area contributed by atoms with Crippen LogP contribution in [0.2, 0.25) is 0 Å². The van der Waals surface area contributed by atoms with Gasteiger partial charge in [-0.15, -0.1) is 0 Å². The molecule has 0 saturated carbocycles. The monoisotopic (exact) mass is 290 g/mol. The minimum atomic E-state index is -0.563. The van der Waals surface area contributed by atoms with Crippen molar-refractivity contribution in [3.63, 3.8) is 0 Å². The van der Waals surface area contributed by atoms with Gasteiger partial charge < -0.3 is 20.1 Å². The Labute approximate surface area is 125 Å². The quantitative estimate of drug-likeness (QED) is 0.897. The number of rotatable bonds is 2. The van der Waals surface area contributed by atoms with Crippen LogP contribution in [0.4, 0.5) is 0 Å². The summed E-state index contributed by atoms with van der Waals surface area (Å²) >= 11 is 0. The lowest BCUT2D eigenvalue weighted by atomic mass is 10.1. The van der Waals surface area contributed by atoms with Crippen LogP contribution in [0.5, 0.6) is 11.5 Å². The van der Waals surface area contributed by atoms with Gasteiger partial charge in [0.2, 0.25) is 6.10 Å². The van der Waals surface area contributed by atoms with Crippen LogP contribution in [0, 0.1) is 0 Å². The highest BCUT2D eigenvalue weighted by atomic mass is 16.6. The van der Waals surface area contributed by atoms with Gasteiger partial charge in [-0.25, -0.2) is 0 Å². The molecule has 21 heavy (non-hydrogen) atoms. The number of para-hydroxylation sites is 2. The van der Waals surface area contributed by atoms with Crippen LogP contribution < -0.4 is 15.2 Å². The van der Waals surface area contributed by atoms with Crippen molar-refractivity contribution in [2.75, 3.05) is 19.7 Å². The third-order valence-electron chi connectivity index (χ3n) is 4.22. The fraction of sp³-hybridized carbons (Fsp3) is 0.562. The Bertz CT molecular complexity index is 506. The molecule has 2 N–H and O–H groups in total. The minimum absolute atomic E-state index is 0.00172. The second kappa shape index (κ2) is 6.35. The topological polar surface area (TPSA) is 64.8 Å². The second-order valence-electron chi connectivity index (χ2n) is 5.63. The largest absolute Gasteiger partial charge is 0.485 e. The summed E-state index contributed by atoms with van der Waals surface area (Å²) in [5, 5.41) is 0. The first-order chi connectivity index (χ1) is 10.3. The summed E-state index contributed by atoms with van der Waals surface area (Å²) in [6.45, 7) is 1.54. The lowest BCUT2D eigenvalue weighted by Crippen LogP contribution is -2.52. The molecule has 2 heterocycles. The molecule has 1 aromatic carbocycles. The molecule has 1 fully saturated rings. The normalized spacial score (nSPS) is 25.3. The van der Waals surface area contributed by atoms with Gasteiger partial charge in [0.25, 0.3) is 5.91 Å². The maximum absolute atomic E-state index is 12.8. The fourth-order valence-corrected chi connectivity index (χ4v) is 3.04. The van der Waals surface area contributed by atoms with E-state index in [1.165, 1.54) is 0 Å². The van der Waals surface area contributed by atoms with E-state index < -0.39 is 6.10 Å². The highest BCUT2D eigenvalue weighted by Crippen LogP contribution is 2.31. The van der Waals surface area contributed by atoms with Crippen molar-refractivity contribution in [1.82, 2.24) is 4.90 Å². The number of carbonyl (C=O) groups is 1. The summed E-state index contributed by atoms with van der Waals surface area (Å²) in [7, 11) is 0. The Morgan fingerprint density at radius 2 is 2.05 bits per heavy atom. The molecular weight excluding hydrogens is 268 g/mol. The number of hydrogen-bond donors (Lipinski definition) is 1. The Balaban J connectivity index is 1.73. The average Bonchev–Trinajstić information content (AvgIpc) is 2.79. The van der Waals surface area contributed by atoms with E-state index in [-0.39, 0.29) is 18.6 Å². The van der Waals surface area contributed by atoms with E-state index in [9.17, 15) is 4.79 Å². The molecule has 1 aromatic rings. The molecule has 0 bridgehead atoms. The average molecular weight is 290 g/mol. The smallest absolute Gasteiger partial charge is 0.267 e. The molecule has 2 aliphatic heterocycles. The number of likely N-dealkylation sites (tertiary alicyclic amines) is 1. The molecule has 5 nitrogen and oxygen atoms in total. The lowest BCUT2D eigenvalue weighted by Gasteiger charge is -2.34. The van der Waals surface area contributed by atoms with Crippen LogP contribution in [0.15, 0.2) is 24.3 Å².